The number of rotatable bonds is 8. The average molecular weight is 494 g/mol. The van der Waals surface area contributed by atoms with Crippen LogP contribution in [-0.4, -0.2) is 66.5 Å². The van der Waals surface area contributed by atoms with Crippen LogP contribution in [0.25, 0.3) is 22.3 Å². The molecule has 0 bridgehead atoms. The maximum absolute atomic E-state index is 12.2. The van der Waals surface area contributed by atoms with E-state index in [1.807, 2.05) is 0 Å². The molecule has 0 unspecified atom stereocenters. The Morgan fingerprint density at radius 3 is 1.17 bits per heavy atom. The summed E-state index contributed by atoms with van der Waals surface area (Å²) in [6.45, 7) is 0. The molecule has 0 spiro atoms. The van der Waals surface area contributed by atoms with Gasteiger partial charge in [0.2, 0.25) is 0 Å². The molecule has 0 amide bonds. The first-order chi connectivity index (χ1) is 16.8. The summed E-state index contributed by atoms with van der Waals surface area (Å²) in [5, 5.41) is 57.1. The van der Waals surface area contributed by atoms with E-state index in [0.29, 0.717) is 0 Å². The lowest BCUT2D eigenvalue weighted by molar-refractivity contribution is 0.0652. The molecular weight excluding hydrogens is 480 g/mol. The Hall–Kier alpha value is -5.52. The molecule has 3 aromatic rings. The molecule has 0 aliphatic heterocycles. The van der Waals surface area contributed by atoms with E-state index in [1.54, 1.807) is 0 Å². The minimum absolute atomic E-state index is 0.153. The van der Waals surface area contributed by atoms with Gasteiger partial charge in [0.05, 0.1) is 33.4 Å². The van der Waals surface area contributed by atoms with Gasteiger partial charge < -0.3 is 30.6 Å². The zero-order valence-electron chi connectivity index (χ0n) is 17.8. The van der Waals surface area contributed by atoms with Gasteiger partial charge in [-0.3, -0.25) is 0 Å². The van der Waals surface area contributed by atoms with Crippen LogP contribution in [0, 0.1) is 0 Å². The molecule has 3 rings (SSSR count). The van der Waals surface area contributed by atoms with Crippen LogP contribution in [0.3, 0.4) is 0 Å². The van der Waals surface area contributed by atoms with Crippen LogP contribution in [0.15, 0.2) is 48.5 Å². The van der Waals surface area contributed by atoms with Gasteiger partial charge in [0.1, 0.15) is 0 Å². The van der Waals surface area contributed by atoms with Crippen LogP contribution in [0.2, 0.25) is 0 Å². The molecule has 0 aliphatic carbocycles. The van der Waals surface area contributed by atoms with E-state index in [9.17, 15) is 59.4 Å². The van der Waals surface area contributed by atoms with Gasteiger partial charge in [-0.25, -0.2) is 28.8 Å². The van der Waals surface area contributed by atoms with Gasteiger partial charge >= 0.3 is 35.8 Å². The Morgan fingerprint density at radius 1 is 0.444 bits per heavy atom. The number of benzene rings is 3. The number of hydrogen-bond donors (Lipinski definition) is 6. The summed E-state index contributed by atoms with van der Waals surface area (Å²) in [6.07, 6.45) is 0. The lowest BCUT2D eigenvalue weighted by atomic mass is 9.85. The highest BCUT2D eigenvalue weighted by atomic mass is 16.4. The SMILES string of the molecule is O=C(O)c1cc(C(=O)O)cc(-c2ccc(C(=O)O)c(C(=O)O)c2-c2cc(C(=O)O)cc(C(=O)O)c2)c1. The van der Waals surface area contributed by atoms with Crippen molar-refractivity contribution in [2.24, 2.45) is 0 Å². The molecule has 12 heteroatoms. The highest BCUT2D eigenvalue weighted by Gasteiger charge is 2.27. The Morgan fingerprint density at radius 2 is 0.833 bits per heavy atom. The summed E-state index contributed by atoms with van der Waals surface area (Å²) < 4.78 is 0. The minimum Gasteiger partial charge on any atom is -0.478 e. The lowest BCUT2D eigenvalue weighted by Gasteiger charge is -2.17. The molecule has 12 nitrogen and oxygen atoms in total. The van der Waals surface area contributed by atoms with Crippen LogP contribution in [-0.2, 0) is 0 Å². The van der Waals surface area contributed by atoms with E-state index in [1.165, 1.54) is 0 Å². The van der Waals surface area contributed by atoms with Crippen molar-refractivity contribution < 1.29 is 59.4 Å². The summed E-state index contributed by atoms with van der Waals surface area (Å²) >= 11 is 0. The Bertz CT molecular complexity index is 1430. The third-order valence-corrected chi connectivity index (χ3v) is 5.10. The monoisotopic (exact) mass is 494 g/mol. The van der Waals surface area contributed by atoms with Crippen LogP contribution in [0.4, 0.5) is 0 Å². The maximum Gasteiger partial charge on any atom is 0.337 e. The Balaban J connectivity index is 2.57. The molecule has 0 aliphatic rings. The van der Waals surface area contributed by atoms with E-state index in [0.717, 1.165) is 48.5 Å². The van der Waals surface area contributed by atoms with Gasteiger partial charge in [0, 0.05) is 5.56 Å². The molecule has 6 N–H and O–H groups in total. The van der Waals surface area contributed by atoms with Crippen molar-refractivity contribution in [3.8, 4) is 22.3 Å². The van der Waals surface area contributed by atoms with Gasteiger partial charge in [0.25, 0.3) is 0 Å². The van der Waals surface area contributed by atoms with Crippen molar-refractivity contribution in [3.63, 3.8) is 0 Å². The number of aromatic carboxylic acids is 6. The Labute approximate surface area is 199 Å². The topological polar surface area (TPSA) is 224 Å². The maximum atomic E-state index is 12.2. The fraction of sp³-hybridized carbons (Fsp3) is 0. The van der Waals surface area contributed by atoms with Crippen LogP contribution < -0.4 is 0 Å². The first-order valence-electron chi connectivity index (χ1n) is 9.69. The largest absolute Gasteiger partial charge is 0.478 e. The van der Waals surface area contributed by atoms with Crippen LogP contribution in [0.1, 0.15) is 62.1 Å². The first kappa shape index (κ1) is 25.1. The highest BCUT2D eigenvalue weighted by Crippen LogP contribution is 2.39. The van der Waals surface area contributed by atoms with Crippen molar-refractivity contribution in [2.75, 3.05) is 0 Å². The van der Waals surface area contributed by atoms with E-state index < -0.39 is 74.8 Å². The van der Waals surface area contributed by atoms with Crippen molar-refractivity contribution in [1.29, 1.82) is 0 Å². The van der Waals surface area contributed by atoms with Gasteiger partial charge in [-0.1, -0.05) is 6.07 Å². The van der Waals surface area contributed by atoms with Gasteiger partial charge in [0.15, 0.2) is 0 Å². The normalized spacial score (nSPS) is 10.4. The first-order valence-corrected chi connectivity index (χ1v) is 9.69. The molecule has 0 saturated heterocycles. The van der Waals surface area contributed by atoms with Crippen LogP contribution >= 0.6 is 0 Å². The van der Waals surface area contributed by atoms with Crippen molar-refractivity contribution >= 4 is 35.8 Å². The third-order valence-electron chi connectivity index (χ3n) is 5.10. The molecule has 0 radical (unpaired) electrons. The summed E-state index contributed by atoms with van der Waals surface area (Å²) in [7, 11) is 0. The standard InChI is InChI=1S/C24H14O12/c25-19(26)11-3-9(4-12(7-11)20(27)28)15-1-2-16(23(33)34)18(24(35)36)17(15)10-5-13(21(29)30)8-14(6-10)22(31)32/h1-8H,(H,25,26)(H,27,28)(H,29,30)(H,31,32)(H,33,34)(H,35,36). The van der Waals surface area contributed by atoms with Crippen LogP contribution in [0.5, 0.6) is 0 Å². The molecule has 0 aromatic heterocycles. The zero-order valence-corrected chi connectivity index (χ0v) is 17.8. The zero-order chi connectivity index (χ0) is 26.9. The number of carboxylic acid groups (broad SMARTS) is 6. The molecule has 0 atom stereocenters. The second-order valence-corrected chi connectivity index (χ2v) is 7.34. The fourth-order valence-corrected chi connectivity index (χ4v) is 3.59. The molecule has 0 heterocycles. The number of hydrogen-bond acceptors (Lipinski definition) is 6. The molecule has 36 heavy (non-hydrogen) atoms. The third kappa shape index (κ3) is 4.72. The molecule has 0 saturated carbocycles. The summed E-state index contributed by atoms with van der Waals surface area (Å²) in [6, 6.07) is 7.52. The van der Waals surface area contributed by atoms with Gasteiger partial charge in [-0.05, 0) is 59.2 Å². The van der Waals surface area contributed by atoms with E-state index in [2.05, 4.69) is 0 Å². The van der Waals surface area contributed by atoms with E-state index in [4.69, 9.17) is 0 Å². The highest BCUT2D eigenvalue weighted by molar-refractivity contribution is 6.11. The summed E-state index contributed by atoms with van der Waals surface area (Å²) in [5.41, 5.74) is -4.77. The molecule has 3 aromatic carbocycles. The van der Waals surface area contributed by atoms with Crippen molar-refractivity contribution in [1.82, 2.24) is 0 Å². The van der Waals surface area contributed by atoms with Crippen molar-refractivity contribution in [2.45, 2.75) is 0 Å². The van der Waals surface area contributed by atoms with Gasteiger partial charge in [-0.2, -0.15) is 0 Å². The van der Waals surface area contributed by atoms with Gasteiger partial charge in [-0.15, -0.1) is 0 Å². The van der Waals surface area contributed by atoms with E-state index in [-0.39, 0.29) is 16.7 Å². The predicted molar refractivity (Wildman–Crippen MR) is 119 cm³/mol. The number of carboxylic acids is 6. The Kier molecular flexibility index (Phi) is 6.54. The quantitative estimate of drug-likeness (QED) is 0.265. The smallest absolute Gasteiger partial charge is 0.337 e. The minimum atomic E-state index is -1.77. The second kappa shape index (κ2) is 9.38. The van der Waals surface area contributed by atoms with Crippen molar-refractivity contribution in [3.05, 3.63) is 81.9 Å². The number of carbonyl (C=O) groups is 6. The summed E-state index contributed by atoms with van der Waals surface area (Å²) in [4.78, 5) is 70.4. The fourth-order valence-electron chi connectivity index (χ4n) is 3.59. The summed E-state index contributed by atoms with van der Waals surface area (Å²) in [5.74, 6) is -9.58. The molecule has 0 fully saturated rings. The molecule has 182 valence electrons. The molecular formula is C24H14O12. The second-order valence-electron chi connectivity index (χ2n) is 7.34. The lowest BCUT2D eigenvalue weighted by Crippen LogP contribution is -2.12. The predicted octanol–water partition coefficient (Wildman–Crippen LogP) is 3.21. The average Bonchev–Trinajstić information content (AvgIpc) is 2.82. The van der Waals surface area contributed by atoms with E-state index >= 15 is 0 Å².